The summed E-state index contributed by atoms with van der Waals surface area (Å²) in [5.41, 5.74) is 1.18. The number of carbonyl (C=O) groups excluding carboxylic acids is 1. The van der Waals surface area contributed by atoms with Crippen LogP contribution in [0.25, 0.3) is 5.69 Å². The van der Waals surface area contributed by atoms with Gasteiger partial charge in [-0.25, -0.2) is 9.48 Å². The third kappa shape index (κ3) is 3.37. The van der Waals surface area contributed by atoms with Gasteiger partial charge in [0.25, 0.3) is 0 Å². The second kappa shape index (κ2) is 7.23. The molecule has 0 unspecified atom stereocenters. The summed E-state index contributed by atoms with van der Waals surface area (Å²) in [7, 11) is 0. The Hall–Kier alpha value is -2.41. The molecule has 0 spiro atoms. The van der Waals surface area contributed by atoms with Gasteiger partial charge in [-0.15, -0.1) is 5.10 Å². The van der Waals surface area contributed by atoms with Gasteiger partial charge in [0.05, 0.1) is 30.1 Å². The highest BCUT2D eigenvalue weighted by Crippen LogP contribution is 2.32. The molecule has 0 aliphatic carbocycles. The van der Waals surface area contributed by atoms with E-state index < -0.39 is 5.54 Å². The number of nitrogens with one attached hydrogen (secondary N) is 1. The van der Waals surface area contributed by atoms with Gasteiger partial charge in [0, 0.05) is 6.54 Å². The van der Waals surface area contributed by atoms with E-state index in [4.69, 9.17) is 0 Å². The topological polar surface area (TPSA) is 83.3 Å². The molecule has 25 heavy (non-hydrogen) atoms. The van der Waals surface area contributed by atoms with Crippen LogP contribution in [0.5, 0.6) is 0 Å². The van der Waals surface area contributed by atoms with Crippen LogP contribution < -0.4 is 5.32 Å². The highest BCUT2D eigenvalue weighted by molar-refractivity contribution is 5.76. The molecule has 2 amide bonds. The largest absolute Gasteiger partial charge is 0.394 e. The van der Waals surface area contributed by atoms with Crippen molar-refractivity contribution in [2.24, 2.45) is 0 Å². The minimum absolute atomic E-state index is 0.00447. The predicted octanol–water partition coefficient (Wildman–Crippen LogP) is 2.27. The van der Waals surface area contributed by atoms with Crippen molar-refractivity contribution in [3.8, 4) is 5.69 Å². The molecular formula is C18H25N5O2. The summed E-state index contributed by atoms with van der Waals surface area (Å²) in [5.74, 6) is 0. The number of urea groups is 1. The van der Waals surface area contributed by atoms with Crippen LogP contribution in [0.2, 0.25) is 0 Å². The number of carbonyl (C=O) groups is 1. The SMILES string of the molecule is CC[C@@]1(CO)CCCN1C(=O)N[C@@H](C)c1cn(-c2ccccc2)nn1. The molecule has 0 radical (unpaired) electrons. The summed E-state index contributed by atoms with van der Waals surface area (Å²) >= 11 is 0. The van der Waals surface area contributed by atoms with Crippen molar-refractivity contribution in [1.29, 1.82) is 0 Å². The van der Waals surface area contributed by atoms with Crippen LogP contribution in [0.3, 0.4) is 0 Å². The number of hydrogen-bond acceptors (Lipinski definition) is 4. The fourth-order valence-electron chi connectivity index (χ4n) is 3.42. The second-order valence-corrected chi connectivity index (χ2v) is 6.59. The van der Waals surface area contributed by atoms with Gasteiger partial charge >= 0.3 is 6.03 Å². The Morgan fingerprint density at radius 3 is 2.84 bits per heavy atom. The van der Waals surface area contributed by atoms with Gasteiger partial charge in [-0.1, -0.05) is 30.3 Å². The Balaban J connectivity index is 1.69. The lowest BCUT2D eigenvalue weighted by atomic mass is 9.94. The quantitative estimate of drug-likeness (QED) is 0.872. The molecule has 2 aromatic rings. The van der Waals surface area contributed by atoms with E-state index in [1.807, 2.05) is 50.4 Å². The van der Waals surface area contributed by atoms with Gasteiger partial charge in [0.15, 0.2) is 0 Å². The van der Waals surface area contributed by atoms with Gasteiger partial charge in [0.1, 0.15) is 5.69 Å². The van der Waals surface area contributed by atoms with E-state index in [-0.39, 0.29) is 18.7 Å². The molecule has 2 heterocycles. The first-order valence-corrected chi connectivity index (χ1v) is 8.76. The van der Waals surface area contributed by atoms with Crippen LogP contribution in [0.1, 0.15) is 44.8 Å². The van der Waals surface area contributed by atoms with Crippen molar-refractivity contribution in [1.82, 2.24) is 25.2 Å². The molecule has 1 aliphatic heterocycles. The normalized spacial score (nSPS) is 21.3. The van der Waals surface area contributed by atoms with E-state index in [0.29, 0.717) is 12.2 Å². The van der Waals surface area contributed by atoms with Crippen molar-refractivity contribution < 1.29 is 9.90 Å². The van der Waals surface area contributed by atoms with Gasteiger partial charge in [0.2, 0.25) is 0 Å². The maximum absolute atomic E-state index is 12.7. The number of aliphatic hydroxyl groups excluding tert-OH is 1. The average Bonchev–Trinajstić information content (AvgIpc) is 3.30. The Morgan fingerprint density at radius 2 is 2.16 bits per heavy atom. The monoisotopic (exact) mass is 343 g/mol. The van der Waals surface area contributed by atoms with Gasteiger partial charge in [-0.05, 0) is 38.3 Å². The molecule has 7 nitrogen and oxygen atoms in total. The lowest BCUT2D eigenvalue weighted by molar-refractivity contribution is 0.0799. The summed E-state index contributed by atoms with van der Waals surface area (Å²) in [6.45, 7) is 4.57. The van der Waals surface area contributed by atoms with Crippen LogP contribution >= 0.6 is 0 Å². The van der Waals surface area contributed by atoms with Crippen LogP contribution in [0.15, 0.2) is 36.5 Å². The first-order valence-electron chi connectivity index (χ1n) is 8.76. The summed E-state index contributed by atoms with van der Waals surface area (Å²) in [6, 6.07) is 9.30. The highest BCUT2D eigenvalue weighted by atomic mass is 16.3. The number of aromatic nitrogens is 3. The van der Waals surface area contributed by atoms with E-state index in [9.17, 15) is 9.90 Å². The van der Waals surface area contributed by atoms with Crippen molar-refractivity contribution in [3.05, 3.63) is 42.2 Å². The maximum atomic E-state index is 12.7. The number of nitrogens with zero attached hydrogens (tertiary/aromatic N) is 4. The standard InChI is InChI=1S/C18H25N5O2/c1-3-18(13-24)10-7-11-22(18)17(25)19-14(2)16-12-23(21-20-16)15-8-5-4-6-9-15/h4-6,8-9,12,14,24H,3,7,10-11,13H2,1-2H3,(H,19,25)/t14-,18-/m0/s1. The Kier molecular flexibility index (Phi) is 5.03. The van der Waals surface area contributed by atoms with Gasteiger partial charge < -0.3 is 15.3 Å². The van der Waals surface area contributed by atoms with Crippen molar-refractivity contribution in [2.45, 2.75) is 44.7 Å². The van der Waals surface area contributed by atoms with Crippen LogP contribution in [-0.4, -0.2) is 49.7 Å². The van der Waals surface area contributed by atoms with Crippen molar-refractivity contribution in [3.63, 3.8) is 0 Å². The summed E-state index contributed by atoms with van der Waals surface area (Å²) in [5, 5.41) is 21.1. The molecule has 0 bridgehead atoms. The fourth-order valence-corrected chi connectivity index (χ4v) is 3.42. The summed E-state index contributed by atoms with van der Waals surface area (Å²) in [4.78, 5) is 14.5. The molecule has 2 atom stereocenters. The molecule has 0 saturated carbocycles. The summed E-state index contributed by atoms with van der Waals surface area (Å²) < 4.78 is 1.69. The van der Waals surface area contributed by atoms with Crippen LogP contribution in [0, 0.1) is 0 Å². The van der Waals surface area contributed by atoms with Crippen molar-refractivity contribution >= 4 is 6.03 Å². The first kappa shape index (κ1) is 17.4. The second-order valence-electron chi connectivity index (χ2n) is 6.59. The molecule has 1 aromatic heterocycles. The minimum Gasteiger partial charge on any atom is -0.394 e. The molecule has 1 fully saturated rings. The third-order valence-corrected chi connectivity index (χ3v) is 5.11. The molecule has 2 N–H and O–H groups in total. The molecule has 1 saturated heterocycles. The van der Waals surface area contributed by atoms with Gasteiger partial charge in [-0.3, -0.25) is 0 Å². The zero-order chi connectivity index (χ0) is 17.9. The lowest BCUT2D eigenvalue weighted by Crippen LogP contribution is -2.53. The lowest BCUT2D eigenvalue weighted by Gasteiger charge is -2.36. The van der Waals surface area contributed by atoms with Crippen molar-refractivity contribution in [2.75, 3.05) is 13.2 Å². The van der Waals surface area contributed by atoms with Crippen LogP contribution in [-0.2, 0) is 0 Å². The third-order valence-electron chi connectivity index (χ3n) is 5.11. The molecule has 134 valence electrons. The average molecular weight is 343 g/mol. The zero-order valence-electron chi connectivity index (χ0n) is 14.7. The highest BCUT2D eigenvalue weighted by Gasteiger charge is 2.42. The molecule has 1 aromatic carbocycles. The van der Waals surface area contributed by atoms with Gasteiger partial charge in [-0.2, -0.15) is 0 Å². The van der Waals surface area contributed by atoms with E-state index in [1.54, 1.807) is 9.58 Å². The molecule has 3 rings (SSSR count). The molecule has 1 aliphatic rings. The first-order chi connectivity index (χ1) is 12.1. The van der Waals surface area contributed by atoms with E-state index in [0.717, 1.165) is 24.9 Å². The Labute approximate surface area is 147 Å². The predicted molar refractivity (Wildman–Crippen MR) is 94.4 cm³/mol. The Morgan fingerprint density at radius 1 is 1.40 bits per heavy atom. The number of amides is 2. The molecular weight excluding hydrogens is 318 g/mol. The summed E-state index contributed by atoms with van der Waals surface area (Å²) in [6.07, 6.45) is 4.32. The number of rotatable bonds is 5. The van der Waals surface area contributed by atoms with E-state index in [1.165, 1.54) is 0 Å². The maximum Gasteiger partial charge on any atom is 0.318 e. The zero-order valence-corrected chi connectivity index (χ0v) is 14.7. The number of para-hydroxylation sites is 1. The molecule has 7 heteroatoms. The van der Waals surface area contributed by atoms with E-state index in [2.05, 4.69) is 15.6 Å². The fraction of sp³-hybridized carbons (Fsp3) is 0.500. The number of hydrogen-bond donors (Lipinski definition) is 2. The Bertz CT molecular complexity index is 711. The number of aliphatic hydroxyl groups is 1. The number of likely N-dealkylation sites (tertiary alicyclic amines) is 1. The van der Waals surface area contributed by atoms with E-state index >= 15 is 0 Å². The van der Waals surface area contributed by atoms with Crippen LogP contribution in [0.4, 0.5) is 4.79 Å². The smallest absolute Gasteiger partial charge is 0.318 e. The minimum atomic E-state index is -0.439. The number of benzene rings is 1.